The number of fused-ring (bicyclic) bond motifs is 1. The van der Waals surface area contributed by atoms with E-state index in [-0.39, 0.29) is 12.1 Å². The predicted octanol–water partition coefficient (Wildman–Crippen LogP) is 3.50. The molecule has 2 aromatic heterocycles. The molecule has 2 heterocycles. The molecule has 4 aromatic rings. The van der Waals surface area contributed by atoms with Crippen LogP contribution in [0.5, 0.6) is 0 Å². The van der Waals surface area contributed by atoms with Gasteiger partial charge in [-0.1, -0.05) is 17.9 Å². The van der Waals surface area contributed by atoms with Gasteiger partial charge in [0.1, 0.15) is 17.7 Å². The lowest BCUT2D eigenvalue weighted by atomic mass is 10.1. The van der Waals surface area contributed by atoms with E-state index in [1.54, 1.807) is 20.0 Å². The third kappa shape index (κ3) is 5.01. The van der Waals surface area contributed by atoms with Crippen molar-refractivity contribution in [3.8, 4) is 11.8 Å². The molecule has 0 aliphatic heterocycles. The molecule has 1 amide bonds. The van der Waals surface area contributed by atoms with Gasteiger partial charge in [-0.2, -0.15) is 0 Å². The Morgan fingerprint density at radius 1 is 1.11 bits per heavy atom. The number of halogens is 2. The van der Waals surface area contributed by atoms with E-state index in [4.69, 9.17) is 0 Å². The van der Waals surface area contributed by atoms with E-state index in [0.29, 0.717) is 11.4 Å². The summed E-state index contributed by atoms with van der Waals surface area (Å²) in [6.45, 7) is 1.68. The molecule has 176 valence electrons. The number of aromatic nitrogens is 3. The second-order valence-electron chi connectivity index (χ2n) is 7.67. The van der Waals surface area contributed by atoms with Crippen LogP contribution in [0.15, 0.2) is 65.8 Å². The summed E-state index contributed by atoms with van der Waals surface area (Å²) in [4.78, 5) is 33.9. The van der Waals surface area contributed by atoms with Gasteiger partial charge in [0.25, 0.3) is 11.5 Å². The quantitative estimate of drug-likeness (QED) is 0.433. The highest BCUT2D eigenvalue weighted by molar-refractivity contribution is 5.94. The Hall–Kier alpha value is -4.58. The Morgan fingerprint density at radius 3 is 2.71 bits per heavy atom. The number of carbonyl (C=O) groups excluding carboxylic acids is 1. The summed E-state index contributed by atoms with van der Waals surface area (Å²) in [5, 5.41) is 6.45. The largest absolute Gasteiger partial charge is 0.373 e. The first kappa shape index (κ1) is 23.6. The number of pyridine rings is 1. The van der Waals surface area contributed by atoms with Gasteiger partial charge in [-0.3, -0.25) is 9.59 Å². The van der Waals surface area contributed by atoms with E-state index < -0.39 is 29.1 Å². The first-order valence-electron chi connectivity index (χ1n) is 10.7. The molecule has 2 aromatic carbocycles. The Kier molecular flexibility index (Phi) is 6.83. The zero-order valence-corrected chi connectivity index (χ0v) is 19.0. The van der Waals surface area contributed by atoms with Crippen LogP contribution in [0, 0.1) is 23.5 Å². The van der Waals surface area contributed by atoms with Gasteiger partial charge in [-0.15, -0.1) is 0 Å². The molecule has 2 N–H and O–H groups in total. The first-order valence-corrected chi connectivity index (χ1v) is 10.7. The molecule has 35 heavy (non-hydrogen) atoms. The van der Waals surface area contributed by atoms with E-state index in [2.05, 4.69) is 32.4 Å². The van der Waals surface area contributed by atoms with Crippen molar-refractivity contribution in [3.05, 3.63) is 99.7 Å². The normalized spacial score (nSPS) is 11.4. The molecule has 4 rings (SSSR count). The fourth-order valence-corrected chi connectivity index (χ4v) is 3.62. The van der Waals surface area contributed by atoms with Crippen molar-refractivity contribution in [3.63, 3.8) is 0 Å². The highest BCUT2D eigenvalue weighted by Gasteiger charge is 2.17. The minimum Gasteiger partial charge on any atom is -0.373 e. The summed E-state index contributed by atoms with van der Waals surface area (Å²) in [6.07, 6.45) is 2.97. The molecule has 0 aliphatic carbocycles. The number of hydrogen-bond donors (Lipinski definition) is 2. The Morgan fingerprint density at radius 2 is 1.94 bits per heavy atom. The molecule has 0 spiro atoms. The summed E-state index contributed by atoms with van der Waals surface area (Å²) in [6, 6.07) is 11.3. The number of benzene rings is 2. The van der Waals surface area contributed by atoms with Crippen LogP contribution in [0.2, 0.25) is 0 Å². The predicted molar refractivity (Wildman–Crippen MR) is 129 cm³/mol. The van der Waals surface area contributed by atoms with Crippen molar-refractivity contribution >= 4 is 22.6 Å². The number of carbonyl (C=O) groups is 1. The zero-order chi connectivity index (χ0) is 24.9. The van der Waals surface area contributed by atoms with Gasteiger partial charge in [0.05, 0.1) is 18.1 Å². The van der Waals surface area contributed by atoms with Gasteiger partial charge in [0.2, 0.25) is 0 Å². The van der Waals surface area contributed by atoms with Crippen LogP contribution in [0.1, 0.15) is 34.5 Å². The summed E-state index contributed by atoms with van der Waals surface area (Å²) in [7, 11) is 1.77. The van der Waals surface area contributed by atoms with E-state index in [0.717, 1.165) is 28.6 Å². The Balaban J connectivity index is 1.48. The van der Waals surface area contributed by atoms with E-state index in [1.807, 2.05) is 18.2 Å². The molecule has 0 saturated carbocycles. The van der Waals surface area contributed by atoms with Gasteiger partial charge in [-0.05, 0) is 55.0 Å². The smallest absolute Gasteiger partial charge is 0.263 e. The summed E-state index contributed by atoms with van der Waals surface area (Å²) in [5.41, 5.74) is 1.27. The molecule has 1 atom stereocenters. The fraction of sp³-hybridized carbons (Fsp3) is 0.154. The highest BCUT2D eigenvalue weighted by atomic mass is 19.2. The van der Waals surface area contributed by atoms with Gasteiger partial charge in [-0.25, -0.2) is 18.7 Å². The lowest BCUT2D eigenvalue weighted by Gasteiger charge is -2.16. The average molecular weight is 473 g/mol. The molecular formula is C26H21F2N5O2. The van der Waals surface area contributed by atoms with Gasteiger partial charge in [0.15, 0.2) is 11.6 Å². The molecule has 0 saturated heterocycles. The lowest BCUT2D eigenvalue weighted by molar-refractivity contribution is 0.0956. The van der Waals surface area contributed by atoms with Gasteiger partial charge < -0.3 is 15.2 Å². The van der Waals surface area contributed by atoms with Crippen molar-refractivity contribution in [2.75, 3.05) is 18.9 Å². The van der Waals surface area contributed by atoms with E-state index in [9.17, 15) is 18.4 Å². The van der Waals surface area contributed by atoms with Crippen LogP contribution >= 0.6 is 0 Å². The van der Waals surface area contributed by atoms with Crippen molar-refractivity contribution in [2.24, 2.45) is 0 Å². The number of hydrogen-bond acceptors (Lipinski definition) is 5. The first-order chi connectivity index (χ1) is 16.9. The number of amides is 1. The van der Waals surface area contributed by atoms with Crippen LogP contribution in [0.4, 0.5) is 14.6 Å². The minimum absolute atomic E-state index is 0.0219. The SMILES string of the molecule is CNc1ncnc2ccc(C#CCNC(=O)c3cccn([C@@H](C)c4ccc(F)c(F)c4)c3=O)cc12. The molecule has 9 heteroatoms. The van der Waals surface area contributed by atoms with Gasteiger partial charge >= 0.3 is 0 Å². The van der Waals surface area contributed by atoms with E-state index >= 15 is 0 Å². The molecular weight excluding hydrogens is 452 g/mol. The molecule has 0 fully saturated rings. The Bertz CT molecular complexity index is 1540. The average Bonchev–Trinajstić information content (AvgIpc) is 2.87. The monoisotopic (exact) mass is 473 g/mol. The third-order valence-corrected chi connectivity index (χ3v) is 5.50. The minimum atomic E-state index is -1.00. The Labute approximate surface area is 199 Å². The second kappa shape index (κ2) is 10.1. The van der Waals surface area contributed by atoms with Crippen LogP contribution in [-0.2, 0) is 0 Å². The maximum absolute atomic E-state index is 13.6. The second-order valence-corrected chi connectivity index (χ2v) is 7.67. The van der Waals surface area contributed by atoms with Crippen molar-refractivity contribution in [1.82, 2.24) is 19.9 Å². The number of nitrogens with one attached hydrogen (secondary N) is 2. The lowest BCUT2D eigenvalue weighted by Crippen LogP contribution is -2.34. The third-order valence-electron chi connectivity index (χ3n) is 5.50. The number of rotatable bonds is 5. The topological polar surface area (TPSA) is 88.9 Å². The highest BCUT2D eigenvalue weighted by Crippen LogP contribution is 2.20. The molecule has 0 bridgehead atoms. The summed E-state index contributed by atoms with van der Waals surface area (Å²) >= 11 is 0. The zero-order valence-electron chi connectivity index (χ0n) is 19.0. The van der Waals surface area contributed by atoms with Crippen LogP contribution in [-0.4, -0.2) is 34.0 Å². The van der Waals surface area contributed by atoms with Crippen LogP contribution in [0.3, 0.4) is 0 Å². The standard InChI is InChI=1S/C26H21F2N5O2/c1-16(18-8-9-21(27)22(28)14-18)33-12-4-6-19(26(33)35)25(34)30-11-3-5-17-7-10-23-20(13-17)24(29-2)32-15-31-23/h4,6-10,12-16H,11H2,1-2H3,(H,30,34)(H,29,31,32)/t16-/m0/s1. The van der Waals surface area contributed by atoms with Crippen LogP contribution < -0.4 is 16.2 Å². The summed E-state index contributed by atoms with van der Waals surface area (Å²) < 4.78 is 28.2. The molecule has 7 nitrogen and oxygen atoms in total. The number of anilines is 1. The van der Waals surface area contributed by atoms with E-state index in [1.165, 1.54) is 29.2 Å². The molecule has 0 radical (unpaired) electrons. The maximum Gasteiger partial charge on any atom is 0.263 e. The molecule has 0 aliphatic rings. The number of nitrogens with zero attached hydrogens (tertiary/aromatic N) is 3. The van der Waals surface area contributed by atoms with Gasteiger partial charge in [0, 0.05) is 24.2 Å². The molecule has 0 unspecified atom stereocenters. The van der Waals surface area contributed by atoms with Crippen LogP contribution in [0.25, 0.3) is 10.9 Å². The van der Waals surface area contributed by atoms with Crippen molar-refractivity contribution in [2.45, 2.75) is 13.0 Å². The van der Waals surface area contributed by atoms with Crippen molar-refractivity contribution in [1.29, 1.82) is 0 Å². The van der Waals surface area contributed by atoms with Crippen molar-refractivity contribution < 1.29 is 13.6 Å². The fourth-order valence-electron chi connectivity index (χ4n) is 3.62. The maximum atomic E-state index is 13.6. The summed E-state index contributed by atoms with van der Waals surface area (Å²) in [5.74, 6) is 3.97.